The molecule has 1 fully saturated rings. The molecular weight excluding hydrogens is 246 g/mol. The van der Waals surface area contributed by atoms with Crippen LogP contribution in [0.3, 0.4) is 0 Å². The van der Waals surface area contributed by atoms with Gasteiger partial charge in [-0.2, -0.15) is 0 Å². The lowest BCUT2D eigenvalue weighted by atomic mass is 9.93. The smallest absolute Gasteiger partial charge is 0.325 e. The first-order valence-electron chi connectivity index (χ1n) is 5.65. The predicted molar refractivity (Wildman–Crippen MR) is 61.8 cm³/mol. The molecule has 0 saturated heterocycles. The highest BCUT2D eigenvalue weighted by atomic mass is 32.2. The molecule has 0 bridgehead atoms. The standard InChI is InChI=1S/C10H19NO5S/c1-7(10(13)16-2)17(14,15)11-8-5-3-4-6-9(8)12/h7-9,11-12H,3-6H2,1-2H3. The van der Waals surface area contributed by atoms with E-state index in [4.69, 9.17) is 0 Å². The Morgan fingerprint density at radius 2 is 2.00 bits per heavy atom. The molecule has 3 atom stereocenters. The van der Waals surface area contributed by atoms with Crippen LogP contribution in [0.1, 0.15) is 32.6 Å². The Kier molecular flexibility index (Phi) is 4.91. The van der Waals surface area contributed by atoms with Gasteiger partial charge in [-0.15, -0.1) is 0 Å². The molecule has 0 aliphatic heterocycles. The Labute approximate surface area is 101 Å². The van der Waals surface area contributed by atoms with Crippen LogP contribution in [0.15, 0.2) is 0 Å². The normalized spacial score (nSPS) is 27.5. The number of sulfonamides is 1. The largest absolute Gasteiger partial charge is 0.468 e. The third-order valence-electron chi connectivity index (χ3n) is 3.04. The Bertz CT molecular complexity index is 367. The number of carbonyl (C=O) groups excluding carboxylic acids is 1. The van der Waals surface area contributed by atoms with Gasteiger partial charge in [-0.3, -0.25) is 4.79 Å². The van der Waals surface area contributed by atoms with Crippen molar-refractivity contribution >= 4 is 16.0 Å². The number of hydrogen-bond donors (Lipinski definition) is 2. The van der Waals surface area contributed by atoms with Crippen molar-refractivity contribution in [3.63, 3.8) is 0 Å². The van der Waals surface area contributed by atoms with Crippen LogP contribution in [0, 0.1) is 0 Å². The van der Waals surface area contributed by atoms with Crippen molar-refractivity contribution in [1.29, 1.82) is 0 Å². The van der Waals surface area contributed by atoms with Gasteiger partial charge >= 0.3 is 5.97 Å². The molecule has 6 nitrogen and oxygen atoms in total. The summed E-state index contributed by atoms with van der Waals surface area (Å²) >= 11 is 0. The second-order valence-electron chi connectivity index (χ2n) is 4.29. The molecule has 1 aliphatic carbocycles. The zero-order valence-corrected chi connectivity index (χ0v) is 10.9. The third kappa shape index (κ3) is 3.65. The first-order valence-corrected chi connectivity index (χ1v) is 7.20. The van der Waals surface area contributed by atoms with Gasteiger partial charge in [0, 0.05) is 6.04 Å². The summed E-state index contributed by atoms with van der Waals surface area (Å²) in [5.74, 6) is -0.803. The van der Waals surface area contributed by atoms with Crippen LogP contribution in [0.2, 0.25) is 0 Å². The highest BCUT2D eigenvalue weighted by Gasteiger charge is 2.34. The third-order valence-corrected chi connectivity index (χ3v) is 4.80. The number of aliphatic hydroxyl groups is 1. The molecule has 1 aliphatic rings. The number of carbonyl (C=O) groups is 1. The Balaban J connectivity index is 2.68. The van der Waals surface area contributed by atoms with Gasteiger partial charge in [0.2, 0.25) is 10.0 Å². The second kappa shape index (κ2) is 5.79. The number of ether oxygens (including phenoxy) is 1. The molecule has 0 spiro atoms. The Morgan fingerprint density at radius 1 is 1.41 bits per heavy atom. The van der Waals surface area contributed by atoms with Crippen molar-refractivity contribution in [2.24, 2.45) is 0 Å². The molecule has 1 saturated carbocycles. The van der Waals surface area contributed by atoms with Gasteiger partial charge in [-0.1, -0.05) is 12.8 Å². The molecule has 1 rings (SSSR count). The fraction of sp³-hybridized carbons (Fsp3) is 0.900. The van der Waals surface area contributed by atoms with E-state index in [0.717, 1.165) is 20.0 Å². The van der Waals surface area contributed by atoms with E-state index in [1.807, 2.05) is 0 Å². The first-order chi connectivity index (χ1) is 7.88. The molecule has 7 heteroatoms. The lowest BCUT2D eigenvalue weighted by Gasteiger charge is -2.28. The van der Waals surface area contributed by atoms with Crippen molar-refractivity contribution in [3.8, 4) is 0 Å². The number of methoxy groups -OCH3 is 1. The minimum absolute atomic E-state index is 0.499. The lowest BCUT2D eigenvalue weighted by molar-refractivity contribution is -0.139. The fourth-order valence-corrected chi connectivity index (χ4v) is 3.11. The van der Waals surface area contributed by atoms with E-state index >= 15 is 0 Å². The minimum atomic E-state index is -3.79. The summed E-state index contributed by atoms with van der Waals surface area (Å²) < 4.78 is 30.4. The van der Waals surface area contributed by atoms with Crippen LogP contribution in [0.5, 0.6) is 0 Å². The van der Waals surface area contributed by atoms with E-state index in [9.17, 15) is 18.3 Å². The Morgan fingerprint density at radius 3 is 2.53 bits per heavy atom. The molecule has 17 heavy (non-hydrogen) atoms. The van der Waals surface area contributed by atoms with Crippen molar-refractivity contribution in [2.45, 2.75) is 50.0 Å². The maximum Gasteiger partial charge on any atom is 0.325 e. The van der Waals surface area contributed by atoms with Crippen LogP contribution >= 0.6 is 0 Å². The average molecular weight is 265 g/mol. The summed E-state index contributed by atoms with van der Waals surface area (Å²) in [4.78, 5) is 11.2. The summed E-state index contributed by atoms with van der Waals surface area (Å²) in [5.41, 5.74) is 0. The topological polar surface area (TPSA) is 92.7 Å². The zero-order chi connectivity index (χ0) is 13.1. The summed E-state index contributed by atoms with van der Waals surface area (Å²) in [6, 6.07) is -0.499. The summed E-state index contributed by atoms with van der Waals surface area (Å²) in [5, 5.41) is 8.40. The van der Waals surface area contributed by atoms with E-state index in [1.165, 1.54) is 6.92 Å². The second-order valence-corrected chi connectivity index (χ2v) is 6.32. The lowest BCUT2D eigenvalue weighted by Crippen LogP contribution is -2.49. The van der Waals surface area contributed by atoms with Gasteiger partial charge in [0.25, 0.3) is 0 Å². The zero-order valence-electron chi connectivity index (χ0n) is 10.0. The quantitative estimate of drug-likeness (QED) is 0.685. The number of rotatable bonds is 4. The van der Waals surface area contributed by atoms with Crippen LogP contribution in [0.4, 0.5) is 0 Å². The van der Waals surface area contributed by atoms with Gasteiger partial charge in [-0.05, 0) is 19.8 Å². The molecule has 0 aromatic heterocycles. The number of esters is 1. The Hall–Kier alpha value is -0.660. The van der Waals surface area contributed by atoms with Gasteiger partial charge in [-0.25, -0.2) is 13.1 Å². The van der Waals surface area contributed by atoms with Crippen molar-refractivity contribution < 1.29 is 23.1 Å². The van der Waals surface area contributed by atoms with Crippen LogP contribution in [0.25, 0.3) is 0 Å². The molecule has 0 heterocycles. The highest BCUT2D eigenvalue weighted by Crippen LogP contribution is 2.19. The summed E-state index contributed by atoms with van der Waals surface area (Å²) in [6.45, 7) is 1.27. The van der Waals surface area contributed by atoms with Gasteiger partial charge in [0.05, 0.1) is 13.2 Å². The predicted octanol–water partition coefficient (Wildman–Crippen LogP) is -0.229. The number of nitrogens with one attached hydrogen (secondary N) is 1. The van der Waals surface area contributed by atoms with E-state index in [2.05, 4.69) is 9.46 Å². The molecule has 0 aromatic carbocycles. The molecule has 100 valence electrons. The minimum Gasteiger partial charge on any atom is -0.468 e. The van der Waals surface area contributed by atoms with E-state index < -0.39 is 33.4 Å². The molecule has 3 unspecified atom stereocenters. The van der Waals surface area contributed by atoms with Crippen molar-refractivity contribution in [3.05, 3.63) is 0 Å². The van der Waals surface area contributed by atoms with E-state index in [0.29, 0.717) is 12.8 Å². The van der Waals surface area contributed by atoms with Gasteiger partial charge in [0.15, 0.2) is 5.25 Å². The van der Waals surface area contributed by atoms with Crippen LogP contribution < -0.4 is 4.72 Å². The molecular formula is C10H19NO5S. The summed E-state index contributed by atoms with van der Waals surface area (Å²) in [6.07, 6.45) is 2.26. The fourth-order valence-electron chi connectivity index (χ4n) is 1.85. The molecule has 0 radical (unpaired) electrons. The maximum atomic E-state index is 11.8. The van der Waals surface area contributed by atoms with E-state index in [-0.39, 0.29) is 0 Å². The summed E-state index contributed by atoms with van der Waals surface area (Å²) in [7, 11) is -2.65. The first kappa shape index (κ1) is 14.4. The van der Waals surface area contributed by atoms with E-state index in [1.54, 1.807) is 0 Å². The van der Waals surface area contributed by atoms with Crippen LogP contribution in [-0.4, -0.2) is 44.0 Å². The molecule has 0 amide bonds. The van der Waals surface area contributed by atoms with Crippen LogP contribution in [-0.2, 0) is 19.6 Å². The maximum absolute atomic E-state index is 11.8. The average Bonchev–Trinajstić information content (AvgIpc) is 2.30. The molecule has 2 N–H and O–H groups in total. The number of aliphatic hydroxyl groups excluding tert-OH is 1. The number of hydrogen-bond acceptors (Lipinski definition) is 5. The highest BCUT2D eigenvalue weighted by molar-refractivity contribution is 7.90. The SMILES string of the molecule is COC(=O)C(C)S(=O)(=O)NC1CCCCC1O. The monoisotopic (exact) mass is 265 g/mol. The van der Waals surface area contributed by atoms with Gasteiger partial charge < -0.3 is 9.84 Å². The van der Waals surface area contributed by atoms with Crippen molar-refractivity contribution in [2.75, 3.05) is 7.11 Å². The molecule has 0 aromatic rings. The van der Waals surface area contributed by atoms with Gasteiger partial charge in [0.1, 0.15) is 0 Å². The van der Waals surface area contributed by atoms with Crippen molar-refractivity contribution in [1.82, 2.24) is 4.72 Å².